The molecular weight excluding hydrogens is 180 g/mol. The third-order valence-corrected chi connectivity index (χ3v) is 3.15. The first-order chi connectivity index (χ1) is 6.72. The Hall–Kier alpha value is -1.06. The van der Waals surface area contributed by atoms with Crippen LogP contribution in [0.25, 0.3) is 0 Å². The molecule has 2 amide bonds. The summed E-state index contributed by atoms with van der Waals surface area (Å²) in [6.45, 7) is 2.78. The Kier molecular flexibility index (Phi) is 2.44. The third kappa shape index (κ3) is 1.74. The van der Waals surface area contributed by atoms with Crippen LogP contribution in [-0.2, 0) is 9.59 Å². The molecule has 0 aromatic heterocycles. The van der Waals surface area contributed by atoms with E-state index in [4.69, 9.17) is 0 Å². The molecule has 2 aliphatic rings. The predicted octanol–water partition coefficient (Wildman–Crippen LogP) is 0.0372. The average molecular weight is 196 g/mol. The van der Waals surface area contributed by atoms with Gasteiger partial charge in [0.15, 0.2) is 0 Å². The van der Waals surface area contributed by atoms with Crippen LogP contribution in [0.1, 0.15) is 26.2 Å². The van der Waals surface area contributed by atoms with Gasteiger partial charge in [-0.15, -0.1) is 0 Å². The molecular formula is C10H16N2O2. The molecule has 14 heavy (non-hydrogen) atoms. The number of rotatable bonds is 3. The minimum atomic E-state index is -0.277. The largest absolute Gasteiger partial charge is 0.354 e. The molecule has 0 aromatic carbocycles. The van der Waals surface area contributed by atoms with Crippen LogP contribution < -0.4 is 10.6 Å². The van der Waals surface area contributed by atoms with Crippen molar-refractivity contribution < 1.29 is 9.59 Å². The molecule has 3 atom stereocenters. The fourth-order valence-corrected chi connectivity index (χ4v) is 2.03. The summed E-state index contributed by atoms with van der Waals surface area (Å²) < 4.78 is 0. The highest BCUT2D eigenvalue weighted by atomic mass is 16.2. The molecule has 1 saturated carbocycles. The van der Waals surface area contributed by atoms with Gasteiger partial charge in [0.1, 0.15) is 6.04 Å². The van der Waals surface area contributed by atoms with E-state index < -0.39 is 0 Å². The predicted molar refractivity (Wildman–Crippen MR) is 51.4 cm³/mol. The molecule has 0 aromatic rings. The summed E-state index contributed by atoms with van der Waals surface area (Å²) in [5.41, 5.74) is 0. The van der Waals surface area contributed by atoms with Gasteiger partial charge in [-0.1, -0.05) is 13.3 Å². The Balaban J connectivity index is 1.80. The number of nitrogens with one attached hydrogen (secondary N) is 2. The molecule has 1 aliphatic carbocycles. The van der Waals surface area contributed by atoms with Crippen molar-refractivity contribution in [3.63, 3.8) is 0 Å². The quantitative estimate of drug-likeness (QED) is 0.669. The Morgan fingerprint density at radius 2 is 2.43 bits per heavy atom. The second-order valence-electron chi connectivity index (χ2n) is 4.15. The van der Waals surface area contributed by atoms with Gasteiger partial charge < -0.3 is 10.6 Å². The molecule has 0 bridgehead atoms. The minimum absolute atomic E-state index is 0.0351. The summed E-state index contributed by atoms with van der Waals surface area (Å²) in [4.78, 5) is 22.8. The molecule has 1 aliphatic heterocycles. The third-order valence-electron chi connectivity index (χ3n) is 3.15. The number of hydrogen-bond donors (Lipinski definition) is 2. The number of amides is 2. The van der Waals surface area contributed by atoms with E-state index in [9.17, 15) is 9.59 Å². The van der Waals surface area contributed by atoms with Gasteiger partial charge in [-0.3, -0.25) is 9.59 Å². The van der Waals surface area contributed by atoms with Crippen LogP contribution in [0.5, 0.6) is 0 Å². The van der Waals surface area contributed by atoms with E-state index in [0.717, 1.165) is 19.3 Å². The second kappa shape index (κ2) is 3.59. The molecule has 2 fully saturated rings. The van der Waals surface area contributed by atoms with Gasteiger partial charge in [-0.25, -0.2) is 0 Å². The van der Waals surface area contributed by atoms with E-state index in [1.54, 1.807) is 0 Å². The van der Waals surface area contributed by atoms with E-state index in [2.05, 4.69) is 17.6 Å². The first-order valence-corrected chi connectivity index (χ1v) is 5.30. The van der Waals surface area contributed by atoms with Crippen molar-refractivity contribution in [2.75, 3.05) is 6.54 Å². The minimum Gasteiger partial charge on any atom is -0.354 e. The van der Waals surface area contributed by atoms with Crippen LogP contribution in [0.4, 0.5) is 0 Å². The van der Waals surface area contributed by atoms with E-state index in [0.29, 0.717) is 12.5 Å². The summed E-state index contributed by atoms with van der Waals surface area (Å²) in [5.74, 6) is 0.763. The van der Waals surface area contributed by atoms with Crippen molar-refractivity contribution >= 4 is 11.8 Å². The lowest BCUT2D eigenvalue weighted by Gasteiger charge is -2.09. The first-order valence-electron chi connectivity index (χ1n) is 5.30. The standard InChI is InChI=1S/C10H16N2O2/c1-2-6-5-7(6)9(13)12-8-3-4-11-10(8)14/h6-8H,2-5H2,1H3,(H,11,14)(H,12,13)/t6?,7?,8-/m0/s1. The van der Waals surface area contributed by atoms with Crippen LogP contribution in [0.2, 0.25) is 0 Å². The Morgan fingerprint density at radius 1 is 1.64 bits per heavy atom. The van der Waals surface area contributed by atoms with Crippen molar-refractivity contribution in [1.82, 2.24) is 10.6 Å². The number of hydrogen-bond acceptors (Lipinski definition) is 2. The van der Waals surface area contributed by atoms with Crippen LogP contribution in [-0.4, -0.2) is 24.4 Å². The monoisotopic (exact) mass is 196 g/mol. The van der Waals surface area contributed by atoms with Gasteiger partial charge in [0.2, 0.25) is 11.8 Å². The lowest BCUT2D eigenvalue weighted by Crippen LogP contribution is -2.41. The summed E-state index contributed by atoms with van der Waals surface area (Å²) >= 11 is 0. The molecule has 2 rings (SSSR count). The first kappa shape index (κ1) is 9.49. The van der Waals surface area contributed by atoms with E-state index in [1.807, 2.05) is 0 Å². The zero-order chi connectivity index (χ0) is 10.1. The van der Waals surface area contributed by atoms with Crippen molar-refractivity contribution in [2.45, 2.75) is 32.2 Å². The van der Waals surface area contributed by atoms with E-state index >= 15 is 0 Å². The second-order valence-corrected chi connectivity index (χ2v) is 4.15. The maximum absolute atomic E-state index is 11.6. The molecule has 0 radical (unpaired) electrons. The van der Waals surface area contributed by atoms with Crippen LogP contribution >= 0.6 is 0 Å². The van der Waals surface area contributed by atoms with Gasteiger partial charge >= 0.3 is 0 Å². The highest BCUT2D eigenvalue weighted by Crippen LogP contribution is 2.41. The Bertz CT molecular complexity index is 265. The smallest absolute Gasteiger partial charge is 0.242 e. The van der Waals surface area contributed by atoms with Crippen molar-refractivity contribution in [3.8, 4) is 0 Å². The van der Waals surface area contributed by atoms with Crippen molar-refractivity contribution in [3.05, 3.63) is 0 Å². The topological polar surface area (TPSA) is 58.2 Å². The van der Waals surface area contributed by atoms with Crippen LogP contribution in [0.3, 0.4) is 0 Å². The van der Waals surface area contributed by atoms with Gasteiger partial charge in [-0.2, -0.15) is 0 Å². The van der Waals surface area contributed by atoms with E-state index in [1.165, 1.54) is 0 Å². The lowest BCUT2D eigenvalue weighted by molar-refractivity contribution is -0.128. The highest BCUT2D eigenvalue weighted by Gasteiger charge is 2.42. The Morgan fingerprint density at radius 3 is 2.93 bits per heavy atom. The fraction of sp³-hybridized carbons (Fsp3) is 0.800. The van der Waals surface area contributed by atoms with Gasteiger partial charge in [-0.05, 0) is 18.8 Å². The van der Waals surface area contributed by atoms with Gasteiger partial charge in [0.05, 0.1) is 0 Å². The van der Waals surface area contributed by atoms with E-state index in [-0.39, 0.29) is 23.8 Å². The Labute approximate surface area is 83.4 Å². The van der Waals surface area contributed by atoms with Gasteiger partial charge in [0.25, 0.3) is 0 Å². The molecule has 4 heteroatoms. The lowest BCUT2D eigenvalue weighted by atomic mass is 10.2. The number of carbonyl (C=O) groups excluding carboxylic acids is 2. The molecule has 2 N–H and O–H groups in total. The molecule has 78 valence electrons. The maximum Gasteiger partial charge on any atom is 0.242 e. The molecule has 2 unspecified atom stereocenters. The molecule has 1 heterocycles. The molecule has 1 saturated heterocycles. The van der Waals surface area contributed by atoms with Crippen molar-refractivity contribution in [1.29, 1.82) is 0 Å². The fourth-order valence-electron chi connectivity index (χ4n) is 2.03. The highest BCUT2D eigenvalue weighted by molar-refractivity contribution is 5.90. The molecule has 4 nitrogen and oxygen atoms in total. The summed E-state index contributed by atoms with van der Waals surface area (Å²) in [5, 5.41) is 5.51. The average Bonchev–Trinajstić information content (AvgIpc) is 2.87. The SMILES string of the molecule is CCC1CC1C(=O)N[C@H]1CCNC1=O. The normalized spacial score (nSPS) is 35.2. The maximum atomic E-state index is 11.6. The molecule has 0 spiro atoms. The zero-order valence-corrected chi connectivity index (χ0v) is 8.38. The number of carbonyl (C=O) groups is 2. The van der Waals surface area contributed by atoms with Crippen molar-refractivity contribution in [2.24, 2.45) is 11.8 Å². The zero-order valence-electron chi connectivity index (χ0n) is 8.38. The van der Waals surface area contributed by atoms with Crippen LogP contribution in [0.15, 0.2) is 0 Å². The van der Waals surface area contributed by atoms with Gasteiger partial charge in [0, 0.05) is 12.5 Å². The summed E-state index contributed by atoms with van der Waals surface area (Å²) in [6, 6.07) is -0.277. The summed E-state index contributed by atoms with van der Waals surface area (Å²) in [7, 11) is 0. The summed E-state index contributed by atoms with van der Waals surface area (Å²) in [6.07, 6.45) is 2.79. The van der Waals surface area contributed by atoms with Crippen LogP contribution in [0, 0.1) is 11.8 Å².